The summed E-state index contributed by atoms with van der Waals surface area (Å²) in [6.07, 6.45) is 4.11. The van der Waals surface area contributed by atoms with E-state index in [1.807, 2.05) is 19.3 Å². The number of hydrogen-bond donors (Lipinski definition) is 1. The van der Waals surface area contributed by atoms with Crippen molar-refractivity contribution in [1.29, 1.82) is 0 Å². The Morgan fingerprint density at radius 3 is 2.70 bits per heavy atom. The molecule has 0 radical (unpaired) electrons. The predicted molar refractivity (Wildman–Crippen MR) is 84.0 cm³/mol. The van der Waals surface area contributed by atoms with Gasteiger partial charge >= 0.3 is 0 Å². The first kappa shape index (κ1) is 14.9. The average Bonchev–Trinajstić information content (AvgIpc) is 2.50. The van der Waals surface area contributed by atoms with Crippen LogP contribution in [0, 0.1) is 0 Å². The summed E-state index contributed by atoms with van der Waals surface area (Å²) < 4.78 is 5.85. The van der Waals surface area contributed by atoms with Gasteiger partial charge in [0.15, 0.2) is 0 Å². The second kappa shape index (κ2) is 7.36. The quantitative estimate of drug-likeness (QED) is 0.840. The number of aromatic nitrogens is 1. The third kappa shape index (κ3) is 3.35. The molecule has 1 aromatic carbocycles. The minimum Gasteiger partial charge on any atom is -0.377 e. The summed E-state index contributed by atoms with van der Waals surface area (Å²) in [5.74, 6) is 0. The molecule has 0 amide bonds. The standard InChI is InChI=1S/C17H24N2O/c1-4-17(20-5-2)16(18-3)12-13-10-11-19-15-9-7-6-8-14(13)15/h6-11,16-18H,4-5,12H2,1-3H3. The van der Waals surface area contributed by atoms with Gasteiger partial charge in [0, 0.05) is 24.2 Å². The first-order valence-corrected chi connectivity index (χ1v) is 7.41. The lowest BCUT2D eigenvalue weighted by atomic mass is 9.97. The van der Waals surface area contributed by atoms with Gasteiger partial charge in [-0.2, -0.15) is 0 Å². The van der Waals surface area contributed by atoms with Gasteiger partial charge in [0.05, 0.1) is 11.6 Å². The summed E-state index contributed by atoms with van der Waals surface area (Å²) in [6, 6.07) is 10.8. The summed E-state index contributed by atoms with van der Waals surface area (Å²) >= 11 is 0. The largest absolute Gasteiger partial charge is 0.377 e. The van der Waals surface area contributed by atoms with Crippen LogP contribution in [-0.2, 0) is 11.2 Å². The Bertz CT molecular complexity index is 536. The summed E-state index contributed by atoms with van der Waals surface area (Å²) in [7, 11) is 2.01. The molecule has 0 saturated carbocycles. The average molecular weight is 272 g/mol. The first-order chi connectivity index (χ1) is 9.80. The zero-order valence-corrected chi connectivity index (χ0v) is 12.6. The van der Waals surface area contributed by atoms with E-state index in [1.54, 1.807) is 0 Å². The fourth-order valence-electron chi connectivity index (χ4n) is 2.72. The second-order valence-electron chi connectivity index (χ2n) is 4.99. The van der Waals surface area contributed by atoms with Gasteiger partial charge in [0.25, 0.3) is 0 Å². The molecule has 1 N–H and O–H groups in total. The Morgan fingerprint density at radius 1 is 1.20 bits per heavy atom. The molecule has 3 nitrogen and oxygen atoms in total. The van der Waals surface area contributed by atoms with Gasteiger partial charge in [-0.05, 0) is 44.5 Å². The predicted octanol–water partition coefficient (Wildman–Crippen LogP) is 3.18. The molecular formula is C17H24N2O. The molecule has 0 saturated heterocycles. The number of rotatable bonds is 7. The highest BCUT2D eigenvalue weighted by atomic mass is 16.5. The highest BCUT2D eigenvalue weighted by Gasteiger charge is 2.19. The number of pyridine rings is 1. The van der Waals surface area contributed by atoms with Crippen molar-refractivity contribution >= 4 is 10.9 Å². The van der Waals surface area contributed by atoms with Gasteiger partial charge in [0.1, 0.15) is 0 Å². The molecule has 2 aromatic rings. The van der Waals surface area contributed by atoms with Gasteiger partial charge in [-0.3, -0.25) is 4.98 Å². The van der Waals surface area contributed by atoms with E-state index in [0.29, 0.717) is 6.04 Å². The van der Waals surface area contributed by atoms with Crippen molar-refractivity contribution in [3.05, 3.63) is 42.1 Å². The van der Waals surface area contributed by atoms with Crippen LogP contribution in [0.3, 0.4) is 0 Å². The van der Waals surface area contributed by atoms with Crippen molar-refractivity contribution in [3.63, 3.8) is 0 Å². The van der Waals surface area contributed by atoms with Gasteiger partial charge in [-0.25, -0.2) is 0 Å². The van der Waals surface area contributed by atoms with Gasteiger partial charge in [0.2, 0.25) is 0 Å². The molecule has 1 aromatic heterocycles. The van der Waals surface area contributed by atoms with E-state index in [-0.39, 0.29) is 6.10 Å². The Balaban J connectivity index is 2.25. The highest BCUT2D eigenvalue weighted by Crippen LogP contribution is 2.19. The molecule has 2 unspecified atom stereocenters. The molecule has 3 heteroatoms. The normalized spacial score (nSPS) is 14.3. The molecule has 0 spiro atoms. The van der Waals surface area contributed by atoms with Crippen LogP contribution in [0.25, 0.3) is 10.9 Å². The molecular weight excluding hydrogens is 248 g/mol. The van der Waals surface area contributed by atoms with Crippen molar-refractivity contribution in [2.24, 2.45) is 0 Å². The van der Waals surface area contributed by atoms with Crippen molar-refractivity contribution in [1.82, 2.24) is 10.3 Å². The fraction of sp³-hybridized carbons (Fsp3) is 0.471. The van der Waals surface area contributed by atoms with Crippen molar-refractivity contribution in [2.45, 2.75) is 38.8 Å². The lowest BCUT2D eigenvalue weighted by molar-refractivity contribution is 0.0340. The van der Waals surface area contributed by atoms with Gasteiger partial charge in [-0.15, -0.1) is 0 Å². The first-order valence-electron chi connectivity index (χ1n) is 7.41. The van der Waals surface area contributed by atoms with Crippen LogP contribution in [0.15, 0.2) is 36.5 Å². The summed E-state index contributed by atoms with van der Waals surface area (Å²) in [5, 5.41) is 4.64. The molecule has 0 aliphatic heterocycles. The number of fused-ring (bicyclic) bond motifs is 1. The summed E-state index contributed by atoms with van der Waals surface area (Å²) in [5.41, 5.74) is 2.39. The van der Waals surface area contributed by atoms with E-state index in [2.05, 4.69) is 48.4 Å². The van der Waals surface area contributed by atoms with E-state index in [0.717, 1.165) is 25.0 Å². The minimum absolute atomic E-state index is 0.247. The Kier molecular flexibility index (Phi) is 5.50. The Hall–Kier alpha value is -1.45. The van der Waals surface area contributed by atoms with Crippen LogP contribution in [0.5, 0.6) is 0 Å². The number of benzene rings is 1. The van der Waals surface area contributed by atoms with E-state index >= 15 is 0 Å². The number of nitrogens with zero attached hydrogens (tertiary/aromatic N) is 1. The molecule has 2 rings (SSSR count). The zero-order valence-electron chi connectivity index (χ0n) is 12.6. The molecule has 0 aliphatic rings. The van der Waals surface area contributed by atoms with Crippen molar-refractivity contribution in [3.8, 4) is 0 Å². The monoisotopic (exact) mass is 272 g/mol. The van der Waals surface area contributed by atoms with E-state index in [4.69, 9.17) is 4.74 Å². The number of ether oxygens (including phenoxy) is 1. The van der Waals surface area contributed by atoms with Crippen LogP contribution in [-0.4, -0.2) is 30.8 Å². The maximum Gasteiger partial charge on any atom is 0.0728 e. The molecule has 1 heterocycles. The number of para-hydroxylation sites is 1. The van der Waals surface area contributed by atoms with E-state index in [1.165, 1.54) is 10.9 Å². The SMILES string of the molecule is CCOC(CC)C(Cc1ccnc2ccccc12)NC. The van der Waals surface area contributed by atoms with Crippen LogP contribution < -0.4 is 5.32 Å². The van der Waals surface area contributed by atoms with Crippen LogP contribution in [0.4, 0.5) is 0 Å². The van der Waals surface area contributed by atoms with Crippen LogP contribution in [0.1, 0.15) is 25.8 Å². The number of hydrogen-bond acceptors (Lipinski definition) is 3. The van der Waals surface area contributed by atoms with Crippen molar-refractivity contribution < 1.29 is 4.74 Å². The lowest BCUT2D eigenvalue weighted by Gasteiger charge is -2.26. The third-order valence-electron chi connectivity index (χ3n) is 3.78. The maximum atomic E-state index is 5.85. The topological polar surface area (TPSA) is 34.1 Å². The minimum atomic E-state index is 0.247. The zero-order chi connectivity index (χ0) is 14.4. The van der Waals surface area contributed by atoms with Gasteiger partial charge in [-0.1, -0.05) is 25.1 Å². The molecule has 20 heavy (non-hydrogen) atoms. The highest BCUT2D eigenvalue weighted by molar-refractivity contribution is 5.81. The molecule has 0 fully saturated rings. The smallest absolute Gasteiger partial charge is 0.0728 e. The molecule has 108 valence electrons. The number of likely N-dealkylation sites (N-methyl/N-ethyl adjacent to an activating group) is 1. The summed E-state index contributed by atoms with van der Waals surface area (Å²) in [4.78, 5) is 4.42. The summed E-state index contributed by atoms with van der Waals surface area (Å²) in [6.45, 7) is 4.99. The number of nitrogens with one attached hydrogen (secondary N) is 1. The van der Waals surface area contributed by atoms with Crippen LogP contribution in [0.2, 0.25) is 0 Å². The van der Waals surface area contributed by atoms with Gasteiger partial charge < -0.3 is 10.1 Å². The Morgan fingerprint density at radius 2 is 2.00 bits per heavy atom. The maximum absolute atomic E-state index is 5.85. The van der Waals surface area contributed by atoms with E-state index < -0.39 is 0 Å². The fourth-order valence-corrected chi connectivity index (χ4v) is 2.72. The lowest BCUT2D eigenvalue weighted by Crippen LogP contribution is -2.40. The molecule has 0 bridgehead atoms. The Labute approximate surface area is 121 Å². The molecule has 2 atom stereocenters. The van der Waals surface area contributed by atoms with E-state index in [9.17, 15) is 0 Å². The van der Waals surface area contributed by atoms with Crippen molar-refractivity contribution in [2.75, 3.05) is 13.7 Å². The third-order valence-corrected chi connectivity index (χ3v) is 3.78. The van der Waals surface area contributed by atoms with Crippen LogP contribution >= 0.6 is 0 Å². The second-order valence-corrected chi connectivity index (χ2v) is 4.99. The molecule has 0 aliphatic carbocycles.